The molecule has 0 bridgehead atoms. The van der Waals surface area contributed by atoms with Crippen molar-refractivity contribution in [1.29, 1.82) is 0 Å². The Bertz CT molecular complexity index is 775. The van der Waals surface area contributed by atoms with Gasteiger partial charge in [0.25, 0.3) is 5.91 Å². The summed E-state index contributed by atoms with van der Waals surface area (Å²) in [6.07, 6.45) is 1.60. The minimum atomic E-state index is -0.775. The number of carbonyl (C=O) groups is 1. The van der Waals surface area contributed by atoms with Crippen LogP contribution in [0.15, 0.2) is 24.4 Å². The molecule has 128 valence electrons. The Morgan fingerprint density at radius 1 is 1.42 bits per heavy atom. The molecule has 5 nitrogen and oxygen atoms in total. The summed E-state index contributed by atoms with van der Waals surface area (Å²) in [5, 5.41) is 14.2. The van der Waals surface area contributed by atoms with Gasteiger partial charge in [-0.2, -0.15) is 5.10 Å². The number of aromatic nitrogens is 2. The van der Waals surface area contributed by atoms with Gasteiger partial charge in [-0.05, 0) is 31.0 Å². The first-order valence-corrected chi connectivity index (χ1v) is 7.87. The van der Waals surface area contributed by atoms with E-state index in [-0.39, 0.29) is 24.4 Å². The van der Waals surface area contributed by atoms with E-state index in [9.17, 15) is 18.7 Å². The Hall–Kier alpha value is -2.28. The van der Waals surface area contributed by atoms with Crippen molar-refractivity contribution in [3.05, 3.63) is 52.9 Å². The quantitative estimate of drug-likeness (QED) is 0.936. The molecule has 24 heavy (non-hydrogen) atoms. The normalized spacial score (nSPS) is 20.6. The predicted molar refractivity (Wildman–Crippen MR) is 83.3 cm³/mol. The van der Waals surface area contributed by atoms with Crippen LogP contribution in [-0.4, -0.2) is 38.3 Å². The molecule has 1 aromatic heterocycles. The summed E-state index contributed by atoms with van der Waals surface area (Å²) in [7, 11) is 1.72. The Morgan fingerprint density at radius 2 is 2.17 bits per heavy atom. The van der Waals surface area contributed by atoms with Gasteiger partial charge in [-0.25, -0.2) is 8.78 Å². The number of benzene rings is 1. The number of aliphatic hydroxyl groups is 1. The maximum Gasteiger partial charge on any atom is 0.257 e. The van der Waals surface area contributed by atoms with Gasteiger partial charge in [-0.3, -0.25) is 9.48 Å². The van der Waals surface area contributed by atoms with Crippen molar-refractivity contribution in [1.82, 2.24) is 14.7 Å². The molecule has 1 aromatic carbocycles. The summed E-state index contributed by atoms with van der Waals surface area (Å²) < 4.78 is 29.2. The van der Waals surface area contributed by atoms with Crippen LogP contribution in [0, 0.1) is 11.6 Å². The maximum atomic E-state index is 14.1. The van der Waals surface area contributed by atoms with Crippen molar-refractivity contribution in [2.75, 3.05) is 6.54 Å². The molecular weight excluding hydrogens is 316 g/mol. The summed E-state index contributed by atoms with van der Waals surface area (Å²) in [6.45, 7) is 1.97. The standard InChI is InChI=1S/C17H19F2N3O2/c1-3-15-13(9-21(2)20-15)17(24)22-8-11(23)7-16(22)12-6-10(18)4-5-14(12)19/h4-6,9,11,16,23H,3,7-8H2,1-2H3. The minimum absolute atomic E-state index is 0.0809. The molecule has 0 saturated carbocycles. The Morgan fingerprint density at radius 3 is 2.88 bits per heavy atom. The van der Waals surface area contributed by atoms with Gasteiger partial charge in [0.15, 0.2) is 0 Å². The van der Waals surface area contributed by atoms with Crippen LogP contribution in [0.25, 0.3) is 0 Å². The number of nitrogens with zero attached hydrogens (tertiary/aromatic N) is 3. The number of carbonyl (C=O) groups excluding carboxylic acids is 1. The molecule has 7 heteroatoms. The lowest BCUT2D eigenvalue weighted by Crippen LogP contribution is -2.32. The van der Waals surface area contributed by atoms with E-state index in [1.54, 1.807) is 17.9 Å². The summed E-state index contributed by atoms with van der Waals surface area (Å²) in [5.41, 5.74) is 1.15. The van der Waals surface area contributed by atoms with Gasteiger partial charge < -0.3 is 10.0 Å². The van der Waals surface area contributed by atoms with Crippen LogP contribution in [0.2, 0.25) is 0 Å². The maximum absolute atomic E-state index is 14.1. The molecule has 2 heterocycles. The van der Waals surface area contributed by atoms with Gasteiger partial charge in [-0.1, -0.05) is 6.92 Å². The third-order valence-corrected chi connectivity index (χ3v) is 4.33. The highest BCUT2D eigenvalue weighted by Crippen LogP contribution is 2.35. The van der Waals surface area contributed by atoms with Crippen LogP contribution >= 0.6 is 0 Å². The highest BCUT2D eigenvalue weighted by Gasteiger charge is 2.38. The van der Waals surface area contributed by atoms with Crippen molar-refractivity contribution in [2.45, 2.75) is 31.9 Å². The highest BCUT2D eigenvalue weighted by atomic mass is 19.1. The first-order chi connectivity index (χ1) is 11.4. The van der Waals surface area contributed by atoms with E-state index < -0.39 is 23.8 Å². The fourth-order valence-corrected chi connectivity index (χ4v) is 3.23. The van der Waals surface area contributed by atoms with Crippen LogP contribution in [0.5, 0.6) is 0 Å². The number of aliphatic hydroxyl groups excluding tert-OH is 1. The van der Waals surface area contributed by atoms with Gasteiger partial charge in [-0.15, -0.1) is 0 Å². The molecule has 2 unspecified atom stereocenters. The molecule has 1 saturated heterocycles. The van der Waals surface area contributed by atoms with Crippen LogP contribution in [0.3, 0.4) is 0 Å². The van der Waals surface area contributed by atoms with Crippen molar-refractivity contribution in [3.63, 3.8) is 0 Å². The zero-order valence-electron chi connectivity index (χ0n) is 13.5. The molecule has 2 aromatic rings. The molecule has 2 atom stereocenters. The van der Waals surface area contributed by atoms with Crippen LogP contribution < -0.4 is 0 Å². The summed E-state index contributed by atoms with van der Waals surface area (Å²) in [4.78, 5) is 14.3. The lowest BCUT2D eigenvalue weighted by molar-refractivity contribution is 0.0712. The molecule has 1 N–H and O–H groups in total. The highest BCUT2D eigenvalue weighted by molar-refractivity contribution is 5.95. The third kappa shape index (κ3) is 2.91. The van der Waals surface area contributed by atoms with E-state index in [1.165, 1.54) is 4.90 Å². The van der Waals surface area contributed by atoms with Gasteiger partial charge in [0.1, 0.15) is 11.6 Å². The molecule has 0 spiro atoms. The number of likely N-dealkylation sites (tertiary alicyclic amines) is 1. The van der Waals surface area contributed by atoms with Gasteiger partial charge in [0.2, 0.25) is 0 Å². The fourth-order valence-electron chi connectivity index (χ4n) is 3.23. The van der Waals surface area contributed by atoms with Crippen LogP contribution in [0.1, 0.15) is 41.0 Å². The predicted octanol–water partition coefficient (Wildman–Crippen LogP) is 2.21. The SMILES string of the molecule is CCc1nn(C)cc1C(=O)N1CC(O)CC1c1cc(F)ccc1F. The largest absolute Gasteiger partial charge is 0.391 e. The van der Waals surface area contributed by atoms with E-state index in [4.69, 9.17) is 0 Å². The van der Waals surface area contributed by atoms with Crippen molar-refractivity contribution < 1.29 is 18.7 Å². The second-order valence-corrected chi connectivity index (χ2v) is 6.05. The molecule has 1 fully saturated rings. The van der Waals surface area contributed by atoms with E-state index in [1.807, 2.05) is 6.92 Å². The molecular formula is C17H19F2N3O2. The summed E-state index contributed by atoms with van der Waals surface area (Å²) in [5.74, 6) is -1.49. The Labute approximate surface area is 138 Å². The second kappa shape index (κ2) is 6.32. The zero-order chi connectivity index (χ0) is 17.4. The average Bonchev–Trinajstić information content (AvgIpc) is 3.11. The van der Waals surface area contributed by atoms with E-state index in [2.05, 4.69) is 5.10 Å². The Kier molecular flexibility index (Phi) is 4.36. The molecule has 1 aliphatic heterocycles. The molecule has 0 radical (unpaired) electrons. The second-order valence-electron chi connectivity index (χ2n) is 6.05. The lowest BCUT2D eigenvalue weighted by Gasteiger charge is -2.25. The monoisotopic (exact) mass is 335 g/mol. The first kappa shape index (κ1) is 16.6. The molecule has 1 amide bonds. The van der Waals surface area contributed by atoms with Gasteiger partial charge >= 0.3 is 0 Å². The molecule has 1 aliphatic rings. The number of halogens is 2. The van der Waals surface area contributed by atoms with Crippen molar-refractivity contribution >= 4 is 5.91 Å². The van der Waals surface area contributed by atoms with E-state index in [0.29, 0.717) is 17.7 Å². The summed E-state index contributed by atoms with van der Waals surface area (Å²) in [6, 6.07) is 2.46. The number of amides is 1. The first-order valence-electron chi connectivity index (χ1n) is 7.87. The lowest BCUT2D eigenvalue weighted by atomic mass is 10.0. The van der Waals surface area contributed by atoms with Crippen LogP contribution in [-0.2, 0) is 13.5 Å². The zero-order valence-corrected chi connectivity index (χ0v) is 13.5. The Balaban J connectivity index is 1.98. The number of hydrogen-bond donors (Lipinski definition) is 1. The number of rotatable bonds is 3. The van der Waals surface area contributed by atoms with Crippen molar-refractivity contribution in [3.8, 4) is 0 Å². The average molecular weight is 335 g/mol. The van der Waals surface area contributed by atoms with E-state index >= 15 is 0 Å². The van der Waals surface area contributed by atoms with Crippen LogP contribution in [0.4, 0.5) is 8.78 Å². The topological polar surface area (TPSA) is 58.4 Å². The summed E-state index contributed by atoms with van der Waals surface area (Å²) >= 11 is 0. The molecule has 0 aliphatic carbocycles. The van der Waals surface area contributed by atoms with Gasteiger partial charge in [0, 0.05) is 25.4 Å². The number of hydrogen-bond acceptors (Lipinski definition) is 3. The fraction of sp³-hybridized carbons (Fsp3) is 0.412. The molecule has 3 rings (SSSR count). The number of aryl methyl sites for hydroxylation is 2. The van der Waals surface area contributed by atoms with Gasteiger partial charge in [0.05, 0.1) is 23.4 Å². The van der Waals surface area contributed by atoms with Crippen molar-refractivity contribution in [2.24, 2.45) is 7.05 Å². The third-order valence-electron chi connectivity index (χ3n) is 4.33. The van der Waals surface area contributed by atoms with E-state index in [0.717, 1.165) is 18.2 Å². The number of β-amino-alcohol motifs (C(OH)–C–C–N with tert-alkyl or cyclic N) is 1. The smallest absolute Gasteiger partial charge is 0.257 e. The minimum Gasteiger partial charge on any atom is -0.391 e.